The Hall–Kier alpha value is -2.48. The van der Waals surface area contributed by atoms with E-state index in [-0.39, 0.29) is 16.7 Å². The van der Waals surface area contributed by atoms with Crippen molar-refractivity contribution >= 4 is 23.7 Å². The third kappa shape index (κ3) is 2.62. The second-order valence-corrected chi connectivity index (χ2v) is 5.77. The minimum atomic E-state index is -2.03. The van der Waals surface area contributed by atoms with Crippen LogP contribution in [0.5, 0.6) is 0 Å². The Kier molecular flexibility index (Phi) is 4.61. The van der Waals surface area contributed by atoms with Gasteiger partial charge in [0, 0.05) is 11.1 Å². The number of aliphatic hydroxyl groups is 1. The number of methoxy groups -OCH3 is 1. The summed E-state index contributed by atoms with van der Waals surface area (Å²) in [6.07, 6.45) is -0.137. The summed E-state index contributed by atoms with van der Waals surface area (Å²) in [5.41, 5.74) is -2.18. The molecule has 0 bridgehead atoms. The number of carbonyl (C=O) groups excluding carboxylic acids is 4. The maximum atomic E-state index is 12.6. The van der Waals surface area contributed by atoms with Crippen molar-refractivity contribution in [1.29, 1.82) is 0 Å². The van der Waals surface area contributed by atoms with Gasteiger partial charge in [0.1, 0.15) is 18.1 Å². The molecule has 130 valence electrons. The highest BCUT2D eigenvalue weighted by Crippen LogP contribution is 2.44. The van der Waals surface area contributed by atoms with Gasteiger partial charge in [0.2, 0.25) is 5.78 Å². The van der Waals surface area contributed by atoms with Crippen LogP contribution in [0.3, 0.4) is 0 Å². The first-order chi connectivity index (χ1) is 11.2. The SMILES string of the molecule is CC=C(C)C(=O)O[C@H]1C(=O)C2=C(C(=O)OC)COC(=O)[C@@H]2[C@@]1(C)O. The van der Waals surface area contributed by atoms with Gasteiger partial charge >= 0.3 is 17.9 Å². The zero-order chi connectivity index (χ0) is 18.2. The van der Waals surface area contributed by atoms with E-state index in [1.54, 1.807) is 6.92 Å². The molecule has 1 aliphatic carbocycles. The first-order valence-electron chi connectivity index (χ1n) is 7.25. The highest BCUT2D eigenvalue weighted by molar-refractivity contribution is 6.14. The topological polar surface area (TPSA) is 116 Å². The van der Waals surface area contributed by atoms with E-state index in [9.17, 15) is 24.3 Å². The number of cyclic esters (lactones) is 1. The van der Waals surface area contributed by atoms with Gasteiger partial charge in [0.15, 0.2) is 6.10 Å². The lowest BCUT2D eigenvalue weighted by Crippen LogP contribution is -2.48. The van der Waals surface area contributed by atoms with Crippen molar-refractivity contribution in [3.63, 3.8) is 0 Å². The number of carbonyl (C=O) groups is 4. The molecule has 0 unspecified atom stereocenters. The minimum absolute atomic E-state index is 0.159. The smallest absolute Gasteiger partial charge is 0.337 e. The van der Waals surface area contributed by atoms with Gasteiger partial charge in [-0.15, -0.1) is 0 Å². The second-order valence-electron chi connectivity index (χ2n) is 5.77. The van der Waals surface area contributed by atoms with Crippen LogP contribution >= 0.6 is 0 Å². The van der Waals surface area contributed by atoms with Crippen LogP contribution < -0.4 is 0 Å². The van der Waals surface area contributed by atoms with Gasteiger partial charge in [-0.3, -0.25) is 9.59 Å². The lowest BCUT2D eigenvalue weighted by Gasteiger charge is -2.30. The monoisotopic (exact) mass is 338 g/mol. The van der Waals surface area contributed by atoms with E-state index >= 15 is 0 Å². The van der Waals surface area contributed by atoms with Crippen molar-refractivity contribution in [1.82, 2.24) is 0 Å². The summed E-state index contributed by atoms with van der Waals surface area (Å²) in [6.45, 7) is 3.85. The summed E-state index contributed by atoms with van der Waals surface area (Å²) in [6, 6.07) is 0. The number of esters is 3. The predicted octanol–water partition coefficient (Wildman–Crippen LogP) is -0.159. The predicted molar refractivity (Wildman–Crippen MR) is 78.4 cm³/mol. The molecule has 0 aromatic heterocycles. The molecule has 0 spiro atoms. The van der Waals surface area contributed by atoms with E-state index in [0.29, 0.717) is 0 Å². The zero-order valence-electron chi connectivity index (χ0n) is 13.7. The fraction of sp³-hybridized carbons (Fsp3) is 0.500. The summed E-state index contributed by atoms with van der Waals surface area (Å²) < 4.78 is 14.5. The van der Waals surface area contributed by atoms with Crippen molar-refractivity contribution in [2.45, 2.75) is 32.5 Å². The highest BCUT2D eigenvalue weighted by Gasteiger charge is 2.62. The van der Waals surface area contributed by atoms with E-state index in [1.165, 1.54) is 19.9 Å². The second kappa shape index (κ2) is 6.20. The summed E-state index contributed by atoms with van der Waals surface area (Å²) in [7, 11) is 1.12. The van der Waals surface area contributed by atoms with Gasteiger partial charge in [-0.25, -0.2) is 9.59 Å². The van der Waals surface area contributed by atoms with E-state index in [2.05, 4.69) is 4.74 Å². The Balaban J connectivity index is 2.51. The third-order valence-electron chi connectivity index (χ3n) is 4.24. The molecule has 0 aromatic rings. The van der Waals surface area contributed by atoms with Gasteiger partial charge in [0.05, 0.1) is 12.7 Å². The van der Waals surface area contributed by atoms with Gasteiger partial charge < -0.3 is 19.3 Å². The van der Waals surface area contributed by atoms with Gasteiger partial charge in [-0.05, 0) is 20.8 Å². The van der Waals surface area contributed by atoms with E-state index in [0.717, 1.165) is 7.11 Å². The quantitative estimate of drug-likeness (QED) is 0.429. The zero-order valence-corrected chi connectivity index (χ0v) is 13.7. The lowest BCUT2D eigenvalue weighted by molar-refractivity contribution is -0.171. The number of Topliss-reactive ketones (excluding diaryl/α,β-unsaturated/α-hetero) is 1. The number of fused-ring (bicyclic) bond motifs is 1. The molecular weight excluding hydrogens is 320 g/mol. The largest absolute Gasteiger partial charge is 0.466 e. The Bertz CT molecular complexity index is 682. The number of ketones is 1. The molecule has 1 fully saturated rings. The number of hydrogen-bond donors (Lipinski definition) is 1. The molecule has 0 aromatic carbocycles. The lowest BCUT2D eigenvalue weighted by atomic mass is 9.86. The molecule has 8 heteroatoms. The summed E-state index contributed by atoms with van der Waals surface area (Å²) in [4.78, 5) is 48.5. The van der Waals surface area contributed by atoms with Crippen molar-refractivity contribution in [3.8, 4) is 0 Å². The van der Waals surface area contributed by atoms with Crippen LogP contribution in [0.15, 0.2) is 22.8 Å². The Labute approximate surface area is 138 Å². The number of hydrogen-bond acceptors (Lipinski definition) is 8. The van der Waals surface area contributed by atoms with E-state index < -0.39 is 47.9 Å². The molecule has 0 radical (unpaired) electrons. The highest BCUT2D eigenvalue weighted by atomic mass is 16.6. The van der Waals surface area contributed by atoms with Gasteiger partial charge in [-0.1, -0.05) is 6.08 Å². The van der Waals surface area contributed by atoms with Crippen LogP contribution in [-0.4, -0.2) is 54.2 Å². The number of rotatable bonds is 3. The maximum absolute atomic E-state index is 12.6. The van der Waals surface area contributed by atoms with Crippen LogP contribution in [0, 0.1) is 5.92 Å². The molecule has 24 heavy (non-hydrogen) atoms. The molecule has 0 amide bonds. The summed E-state index contributed by atoms with van der Waals surface area (Å²) >= 11 is 0. The Morgan fingerprint density at radius 3 is 2.54 bits per heavy atom. The molecule has 1 N–H and O–H groups in total. The molecular formula is C16H18O8. The van der Waals surface area contributed by atoms with Crippen LogP contribution in [0.4, 0.5) is 0 Å². The third-order valence-corrected chi connectivity index (χ3v) is 4.24. The molecule has 1 aliphatic heterocycles. The summed E-state index contributed by atoms with van der Waals surface area (Å²) in [5, 5.41) is 10.7. The van der Waals surface area contributed by atoms with Crippen LogP contribution in [0.25, 0.3) is 0 Å². The van der Waals surface area contributed by atoms with Crippen molar-refractivity contribution in [2.75, 3.05) is 13.7 Å². The standard InChI is InChI=1S/C16H18O8/c1-5-7(2)13(18)24-12-11(17)9-8(14(19)22-4)6-23-15(20)10(9)16(12,3)21/h5,10,12,21H,6H2,1-4H3/t10-,12+,16-/m1/s1. The van der Waals surface area contributed by atoms with Crippen molar-refractivity contribution in [3.05, 3.63) is 22.8 Å². The van der Waals surface area contributed by atoms with E-state index in [4.69, 9.17) is 9.47 Å². The summed E-state index contributed by atoms with van der Waals surface area (Å²) in [5.74, 6) is -4.74. The normalized spacial score (nSPS) is 30.0. The first-order valence-corrected chi connectivity index (χ1v) is 7.25. The molecule has 1 heterocycles. The molecule has 2 rings (SSSR count). The van der Waals surface area contributed by atoms with Gasteiger partial charge in [0.25, 0.3) is 0 Å². The number of allylic oxidation sites excluding steroid dienone is 1. The van der Waals surface area contributed by atoms with Crippen molar-refractivity contribution < 1.29 is 38.5 Å². The van der Waals surface area contributed by atoms with Crippen LogP contribution in [-0.2, 0) is 33.4 Å². The Morgan fingerprint density at radius 2 is 2.00 bits per heavy atom. The maximum Gasteiger partial charge on any atom is 0.337 e. The molecule has 2 aliphatic rings. The average molecular weight is 338 g/mol. The molecule has 3 atom stereocenters. The molecule has 0 saturated heterocycles. The van der Waals surface area contributed by atoms with Crippen molar-refractivity contribution in [2.24, 2.45) is 5.92 Å². The van der Waals surface area contributed by atoms with Crippen LogP contribution in [0.1, 0.15) is 20.8 Å². The fourth-order valence-electron chi connectivity index (χ4n) is 2.76. The number of ether oxygens (including phenoxy) is 3. The molecule has 1 saturated carbocycles. The first kappa shape index (κ1) is 17.9. The Morgan fingerprint density at radius 1 is 1.38 bits per heavy atom. The van der Waals surface area contributed by atoms with Gasteiger partial charge in [-0.2, -0.15) is 0 Å². The van der Waals surface area contributed by atoms with Crippen LogP contribution in [0.2, 0.25) is 0 Å². The van der Waals surface area contributed by atoms with E-state index in [1.807, 2.05) is 0 Å². The average Bonchev–Trinajstić information content (AvgIpc) is 2.75. The fourth-order valence-corrected chi connectivity index (χ4v) is 2.76. The minimum Gasteiger partial charge on any atom is -0.466 e. The molecule has 8 nitrogen and oxygen atoms in total.